The molecule has 3 fully saturated rings. The van der Waals surface area contributed by atoms with Crippen LogP contribution in [0.3, 0.4) is 0 Å². The van der Waals surface area contributed by atoms with Crippen LogP contribution in [0.25, 0.3) is 0 Å². The fraction of sp³-hybridized carbons (Fsp3) is 0.611. The van der Waals surface area contributed by atoms with Crippen LogP contribution in [0.15, 0.2) is 24.3 Å². The van der Waals surface area contributed by atoms with Crippen molar-refractivity contribution >= 4 is 11.6 Å². The first kappa shape index (κ1) is 13.9. The Morgan fingerprint density at radius 3 is 2.77 bits per heavy atom. The SMILES string of the molecule is COc1ccccc1N1CC[C@@H](NC(=O)C2[C@H]3CCC[C@@H]23)C1. The third-order valence-corrected chi connectivity index (χ3v) is 5.67. The van der Waals surface area contributed by atoms with Gasteiger partial charge in [0.05, 0.1) is 12.8 Å². The summed E-state index contributed by atoms with van der Waals surface area (Å²) in [5.74, 6) is 2.94. The van der Waals surface area contributed by atoms with Crippen molar-refractivity contribution < 1.29 is 9.53 Å². The zero-order valence-electron chi connectivity index (χ0n) is 13.1. The lowest BCUT2D eigenvalue weighted by Crippen LogP contribution is -2.38. The van der Waals surface area contributed by atoms with Gasteiger partial charge in [-0.25, -0.2) is 0 Å². The number of para-hydroxylation sites is 2. The molecular formula is C18H24N2O2. The summed E-state index contributed by atoms with van der Waals surface area (Å²) >= 11 is 0. The number of hydrogen-bond donors (Lipinski definition) is 1. The van der Waals surface area contributed by atoms with E-state index in [4.69, 9.17) is 4.74 Å². The van der Waals surface area contributed by atoms with Gasteiger partial charge in [-0.3, -0.25) is 4.79 Å². The number of rotatable bonds is 4. The Balaban J connectivity index is 1.35. The Hall–Kier alpha value is -1.71. The number of nitrogens with zero attached hydrogens (tertiary/aromatic N) is 1. The maximum atomic E-state index is 12.4. The van der Waals surface area contributed by atoms with Crippen molar-refractivity contribution in [2.45, 2.75) is 31.7 Å². The van der Waals surface area contributed by atoms with Crippen LogP contribution < -0.4 is 15.0 Å². The summed E-state index contributed by atoms with van der Waals surface area (Å²) in [7, 11) is 1.71. The van der Waals surface area contributed by atoms with E-state index in [9.17, 15) is 4.79 Å². The molecule has 0 radical (unpaired) electrons. The molecule has 22 heavy (non-hydrogen) atoms. The van der Waals surface area contributed by atoms with Crippen molar-refractivity contribution in [3.05, 3.63) is 24.3 Å². The first-order valence-electron chi connectivity index (χ1n) is 8.46. The molecule has 1 unspecified atom stereocenters. The average molecular weight is 300 g/mol. The zero-order valence-corrected chi connectivity index (χ0v) is 13.1. The molecule has 1 aromatic carbocycles. The van der Waals surface area contributed by atoms with Crippen LogP contribution in [0.5, 0.6) is 5.75 Å². The Kier molecular flexibility index (Phi) is 3.47. The van der Waals surface area contributed by atoms with Crippen molar-refractivity contribution in [2.24, 2.45) is 17.8 Å². The third kappa shape index (κ3) is 2.34. The summed E-state index contributed by atoms with van der Waals surface area (Å²) in [5.41, 5.74) is 1.13. The van der Waals surface area contributed by atoms with Crippen LogP contribution in [-0.2, 0) is 4.79 Å². The quantitative estimate of drug-likeness (QED) is 0.928. The second kappa shape index (κ2) is 5.49. The Morgan fingerprint density at radius 1 is 1.23 bits per heavy atom. The molecule has 1 N–H and O–H groups in total. The summed E-state index contributed by atoms with van der Waals surface area (Å²) in [5, 5.41) is 3.29. The third-order valence-electron chi connectivity index (χ3n) is 5.67. The van der Waals surface area contributed by atoms with Gasteiger partial charge < -0.3 is 15.0 Å². The normalized spacial score (nSPS) is 32.7. The minimum Gasteiger partial charge on any atom is -0.495 e. The molecule has 4 heteroatoms. The smallest absolute Gasteiger partial charge is 0.223 e. The van der Waals surface area contributed by atoms with Crippen LogP contribution in [0.2, 0.25) is 0 Å². The first-order valence-corrected chi connectivity index (χ1v) is 8.46. The highest BCUT2D eigenvalue weighted by Gasteiger charge is 2.56. The molecule has 1 amide bonds. The predicted molar refractivity (Wildman–Crippen MR) is 86.1 cm³/mol. The maximum absolute atomic E-state index is 12.4. The molecule has 2 aliphatic carbocycles. The fourth-order valence-electron chi connectivity index (χ4n) is 4.50. The highest BCUT2D eigenvalue weighted by atomic mass is 16.5. The van der Waals surface area contributed by atoms with Gasteiger partial charge in [-0.1, -0.05) is 18.6 Å². The molecule has 1 heterocycles. The molecule has 4 rings (SSSR count). The lowest BCUT2D eigenvalue weighted by Gasteiger charge is -2.21. The number of anilines is 1. The Labute approximate surface area is 131 Å². The summed E-state index contributed by atoms with van der Waals surface area (Å²) in [6.45, 7) is 1.86. The number of amides is 1. The van der Waals surface area contributed by atoms with E-state index >= 15 is 0 Å². The lowest BCUT2D eigenvalue weighted by molar-refractivity contribution is -0.123. The first-order chi connectivity index (χ1) is 10.8. The number of benzene rings is 1. The number of fused-ring (bicyclic) bond motifs is 1. The van der Waals surface area contributed by atoms with Crippen molar-refractivity contribution in [3.8, 4) is 5.75 Å². The number of methoxy groups -OCH3 is 1. The topological polar surface area (TPSA) is 41.6 Å². The van der Waals surface area contributed by atoms with E-state index in [2.05, 4.69) is 16.3 Å². The molecule has 4 atom stereocenters. The second-order valence-corrected chi connectivity index (χ2v) is 6.90. The number of carbonyl (C=O) groups is 1. The van der Waals surface area contributed by atoms with Crippen LogP contribution in [-0.4, -0.2) is 32.1 Å². The lowest BCUT2D eigenvalue weighted by atomic mass is 10.1. The number of ether oxygens (including phenoxy) is 1. The highest BCUT2D eigenvalue weighted by molar-refractivity contribution is 5.82. The maximum Gasteiger partial charge on any atom is 0.223 e. The van der Waals surface area contributed by atoms with Gasteiger partial charge in [0.2, 0.25) is 5.91 Å². The van der Waals surface area contributed by atoms with Gasteiger partial charge in [0.25, 0.3) is 0 Å². The van der Waals surface area contributed by atoms with E-state index in [0.29, 0.717) is 23.7 Å². The predicted octanol–water partition coefficient (Wildman–Crippen LogP) is 2.44. The van der Waals surface area contributed by atoms with E-state index < -0.39 is 0 Å². The molecule has 3 aliphatic rings. The zero-order chi connectivity index (χ0) is 15.1. The van der Waals surface area contributed by atoms with E-state index in [1.807, 2.05) is 18.2 Å². The molecule has 0 aromatic heterocycles. The van der Waals surface area contributed by atoms with Crippen LogP contribution in [0.4, 0.5) is 5.69 Å². The van der Waals surface area contributed by atoms with Crippen LogP contribution in [0, 0.1) is 17.8 Å². The molecule has 118 valence electrons. The van der Waals surface area contributed by atoms with Gasteiger partial charge in [-0.15, -0.1) is 0 Å². The van der Waals surface area contributed by atoms with E-state index in [-0.39, 0.29) is 6.04 Å². The van der Waals surface area contributed by atoms with Crippen molar-refractivity contribution in [1.82, 2.24) is 5.32 Å². The molecule has 1 aliphatic heterocycles. The summed E-state index contributed by atoms with van der Waals surface area (Å²) in [4.78, 5) is 14.7. The van der Waals surface area contributed by atoms with Crippen molar-refractivity contribution in [2.75, 3.05) is 25.1 Å². The van der Waals surface area contributed by atoms with Crippen LogP contribution >= 0.6 is 0 Å². The average Bonchev–Trinajstić information content (AvgIpc) is 2.92. The number of hydrogen-bond acceptors (Lipinski definition) is 3. The Morgan fingerprint density at radius 2 is 2.00 bits per heavy atom. The molecule has 0 bridgehead atoms. The van der Waals surface area contributed by atoms with Crippen molar-refractivity contribution in [3.63, 3.8) is 0 Å². The van der Waals surface area contributed by atoms with Gasteiger partial charge in [0.15, 0.2) is 0 Å². The summed E-state index contributed by atoms with van der Waals surface area (Å²) in [6.07, 6.45) is 4.87. The minimum absolute atomic E-state index is 0.277. The van der Waals surface area contributed by atoms with E-state index in [1.165, 1.54) is 19.3 Å². The second-order valence-electron chi connectivity index (χ2n) is 6.90. The monoisotopic (exact) mass is 300 g/mol. The van der Waals surface area contributed by atoms with Crippen molar-refractivity contribution in [1.29, 1.82) is 0 Å². The van der Waals surface area contributed by atoms with Gasteiger partial charge in [0.1, 0.15) is 5.75 Å². The Bertz CT molecular complexity index is 564. The molecule has 2 saturated carbocycles. The fourth-order valence-corrected chi connectivity index (χ4v) is 4.50. The summed E-state index contributed by atoms with van der Waals surface area (Å²) < 4.78 is 5.44. The molecule has 1 aromatic rings. The number of nitrogens with one attached hydrogen (secondary N) is 1. The highest BCUT2D eigenvalue weighted by Crippen LogP contribution is 2.57. The van der Waals surface area contributed by atoms with Gasteiger partial charge >= 0.3 is 0 Å². The molecular weight excluding hydrogens is 276 g/mol. The molecule has 1 saturated heterocycles. The largest absolute Gasteiger partial charge is 0.495 e. The molecule has 0 spiro atoms. The van der Waals surface area contributed by atoms with Gasteiger partial charge in [0, 0.05) is 25.0 Å². The number of carbonyl (C=O) groups excluding carboxylic acids is 1. The van der Waals surface area contributed by atoms with E-state index in [0.717, 1.165) is 30.9 Å². The van der Waals surface area contributed by atoms with Gasteiger partial charge in [-0.05, 0) is 43.2 Å². The van der Waals surface area contributed by atoms with Gasteiger partial charge in [-0.2, -0.15) is 0 Å². The minimum atomic E-state index is 0.277. The summed E-state index contributed by atoms with van der Waals surface area (Å²) in [6, 6.07) is 8.39. The standard InChI is InChI=1S/C18H24N2O2/c1-22-16-8-3-2-7-15(16)20-10-9-12(11-20)19-18(21)17-13-5-4-6-14(13)17/h2-3,7-8,12-14,17H,4-6,9-11H2,1H3,(H,19,21)/t12-,13-,14+,17?/m1/s1. The van der Waals surface area contributed by atoms with E-state index in [1.54, 1.807) is 7.11 Å². The molecule has 4 nitrogen and oxygen atoms in total. The van der Waals surface area contributed by atoms with Crippen LogP contribution in [0.1, 0.15) is 25.7 Å².